The molecule has 304 valence electrons. The Morgan fingerprint density at radius 3 is 1.05 bits per heavy atom. The molecule has 12 rings (SSSR count). The van der Waals surface area contributed by atoms with Crippen LogP contribution in [0, 0.1) is 0 Å². The summed E-state index contributed by atoms with van der Waals surface area (Å²) < 4.78 is 0. The number of benzene rings is 12. The van der Waals surface area contributed by atoms with E-state index in [0.717, 1.165) is 17.1 Å². The molecule has 0 fully saturated rings. The molecule has 0 saturated heterocycles. The smallest absolute Gasteiger partial charge is 0.0468 e. The average molecular weight is 826 g/mol. The highest BCUT2D eigenvalue weighted by Gasteiger charge is 2.20. The van der Waals surface area contributed by atoms with Crippen molar-refractivity contribution in [3.8, 4) is 55.6 Å². The van der Waals surface area contributed by atoms with Gasteiger partial charge in [0.1, 0.15) is 0 Å². The second-order valence-corrected chi connectivity index (χ2v) is 16.9. The van der Waals surface area contributed by atoms with Crippen LogP contribution in [0.1, 0.15) is 0 Å². The number of rotatable bonds is 8. The lowest BCUT2D eigenvalue weighted by atomic mass is 9.85. The van der Waals surface area contributed by atoms with Gasteiger partial charge in [-0.1, -0.05) is 212 Å². The van der Waals surface area contributed by atoms with Gasteiger partial charge in [-0.2, -0.15) is 0 Å². The molecule has 0 spiro atoms. The maximum atomic E-state index is 2.41. The van der Waals surface area contributed by atoms with Gasteiger partial charge in [-0.25, -0.2) is 0 Å². The highest BCUT2D eigenvalue weighted by molar-refractivity contribution is 6.22. The van der Waals surface area contributed by atoms with Gasteiger partial charge in [-0.3, -0.25) is 0 Å². The van der Waals surface area contributed by atoms with Crippen molar-refractivity contribution in [3.05, 3.63) is 261 Å². The quantitative estimate of drug-likeness (QED) is 0.138. The summed E-state index contributed by atoms with van der Waals surface area (Å²) in [6.45, 7) is 0. The van der Waals surface area contributed by atoms with Crippen molar-refractivity contribution < 1.29 is 0 Å². The van der Waals surface area contributed by atoms with Crippen LogP contribution >= 0.6 is 0 Å². The zero-order valence-electron chi connectivity index (χ0n) is 35.8. The van der Waals surface area contributed by atoms with Crippen molar-refractivity contribution in [2.45, 2.75) is 0 Å². The third-order valence-electron chi connectivity index (χ3n) is 13.0. The first-order valence-electron chi connectivity index (χ1n) is 22.4. The van der Waals surface area contributed by atoms with Gasteiger partial charge in [0.05, 0.1) is 0 Å². The Balaban J connectivity index is 0.995. The second-order valence-electron chi connectivity index (χ2n) is 16.9. The number of anilines is 3. The van der Waals surface area contributed by atoms with Gasteiger partial charge < -0.3 is 4.90 Å². The molecular weight excluding hydrogens is 783 g/mol. The van der Waals surface area contributed by atoms with Crippen LogP contribution in [-0.4, -0.2) is 0 Å². The van der Waals surface area contributed by atoms with E-state index in [1.54, 1.807) is 0 Å². The lowest BCUT2D eigenvalue weighted by Crippen LogP contribution is -2.10. The van der Waals surface area contributed by atoms with Crippen molar-refractivity contribution in [2.75, 3.05) is 4.90 Å². The number of hydrogen-bond acceptors (Lipinski definition) is 1. The second kappa shape index (κ2) is 16.3. The van der Waals surface area contributed by atoms with Gasteiger partial charge >= 0.3 is 0 Å². The molecule has 12 aromatic rings. The molecule has 0 atom stereocenters. The van der Waals surface area contributed by atoms with Crippen molar-refractivity contribution in [2.24, 2.45) is 0 Å². The van der Waals surface area contributed by atoms with Gasteiger partial charge in [0, 0.05) is 17.1 Å². The Hall–Kier alpha value is -8.52. The van der Waals surface area contributed by atoms with E-state index in [-0.39, 0.29) is 0 Å². The molecule has 0 bridgehead atoms. The molecule has 0 radical (unpaired) electrons. The van der Waals surface area contributed by atoms with Crippen molar-refractivity contribution in [1.29, 1.82) is 0 Å². The first-order valence-corrected chi connectivity index (χ1v) is 22.4. The van der Waals surface area contributed by atoms with E-state index in [4.69, 9.17) is 0 Å². The maximum Gasteiger partial charge on any atom is 0.0468 e. The highest BCUT2D eigenvalue weighted by Crippen LogP contribution is 2.47. The predicted octanol–water partition coefficient (Wildman–Crippen LogP) is 18.1. The molecule has 0 aliphatic rings. The minimum atomic E-state index is 1.09. The molecule has 0 N–H and O–H groups in total. The molecule has 0 unspecified atom stereocenters. The predicted molar refractivity (Wildman–Crippen MR) is 278 cm³/mol. The first kappa shape index (κ1) is 38.2. The molecule has 0 aromatic heterocycles. The molecular formula is C64H43N. The van der Waals surface area contributed by atoms with Crippen LogP contribution < -0.4 is 4.90 Å². The van der Waals surface area contributed by atoms with Gasteiger partial charge in [-0.05, 0) is 147 Å². The Morgan fingerprint density at radius 1 is 0.185 bits per heavy atom. The minimum absolute atomic E-state index is 1.09. The Bertz CT molecular complexity index is 3670. The third kappa shape index (κ3) is 7.10. The molecule has 1 heteroatoms. The highest BCUT2D eigenvalue weighted by atomic mass is 15.1. The van der Waals surface area contributed by atoms with Crippen LogP contribution in [0.25, 0.3) is 98.7 Å². The van der Waals surface area contributed by atoms with E-state index < -0.39 is 0 Å². The maximum absolute atomic E-state index is 2.41. The normalized spacial score (nSPS) is 11.4. The van der Waals surface area contributed by atoms with Gasteiger partial charge in [0.2, 0.25) is 0 Å². The molecule has 65 heavy (non-hydrogen) atoms. The van der Waals surface area contributed by atoms with E-state index in [9.17, 15) is 0 Å². The van der Waals surface area contributed by atoms with Crippen LogP contribution in [0.2, 0.25) is 0 Å². The SMILES string of the molecule is c1ccc(-c2c(-c3ccccc3)c3cc(N(c4ccc(-c5ccc(-c6ccc7ccccc7c6)cc5)cc4)c4ccc(-c5ccc6ccccc6c5)cc4)ccc3c3ccccc23)cc1. The average Bonchev–Trinajstić information content (AvgIpc) is 3.39. The molecule has 12 aromatic carbocycles. The molecule has 0 heterocycles. The Kier molecular flexibility index (Phi) is 9.58. The van der Waals surface area contributed by atoms with Crippen LogP contribution in [0.4, 0.5) is 17.1 Å². The van der Waals surface area contributed by atoms with Gasteiger partial charge in [0.25, 0.3) is 0 Å². The summed E-state index contributed by atoms with van der Waals surface area (Å²) in [4.78, 5) is 2.41. The van der Waals surface area contributed by atoms with Gasteiger partial charge in [0.15, 0.2) is 0 Å². The van der Waals surface area contributed by atoms with E-state index in [1.165, 1.54) is 98.7 Å². The summed E-state index contributed by atoms with van der Waals surface area (Å²) in [5, 5.41) is 9.95. The zero-order valence-corrected chi connectivity index (χ0v) is 35.8. The zero-order chi connectivity index (χ0) is 43.1. The molecule has 0 saturated carbocycles. The number of hydrogen-bond donors (Lipinski definition) is 0. The lowest BCUT2D eigenvalue weighted by Gasteiger charge is -2.27. The number of fused-ring (bicyclic) bond motifs is 5. The fourth-order valence-corrected chi connectivity index (χ4v) is 9.77. The lowest BCUT2D eigenvalue weighted by molar-refractivity contribution is 1.29. The standard InChI is InChI=1S/C64H43N/c1-3-15-50(16-4-1)63-61-22-12-11-21-59(61)60-40-39-58(43-62(60)64(63)51-17-5-2-6-18-51)65(57-37-33-49(34-38-57)55-30-28-45-14-8-10-20-53(45)42-55)56-35-31-47(32-36-56)46-23-25-48(26-24-46)54-29-27-44-13-7-9-19-52(44)41-54/h1-43H. The Morgan fingerprint density at radius 2 is 0.538 bits per heavy atom. The van der Waals surface area contributed by atoms with E-state index in [1.807, 2.05) is 0 Å². The third-order valence-corrected chi connectivity index (χ3v) is 13.0. The van der Waals surface area contributed by atoms with Crippen molar-refractivity contribution >= 4 is 60.2 Å². The molecule has 0 amide bonds. The van der Waals surface area contributed by atoms with Crippen molar-refractivity contribution in [1.82, 2.24) is 0 Å². The first-order chi connectivity index (χ1) is 32.2. The molecule has 0 aliphatic carbocycles. The van der Waals surface area contributed by atoms with Crippen molar-refractivity contribution in [3.63, 3.8) is 0 Å². The summed E-state index contributed by atoms with van der Waals surface area (Å²) in [6, 6.07) is 95.3. The van der Waals surface area contributed by atoms with E-state index in [0.29, 0.717) is 0 Å². The molecule has 0 aliphatic heterocycles. The van der Waals surface area contributed by atoms with Crippen LogP contribution in [0.5, 0.6) is 0 Å². The summed E-state index contributed by atoms with van der Waals surface area (Å²) in [7, 11) is 0. The topological polar surface area (TPSA) is 3.24 Å². The summed E-state index contributed by atoms with van der Waals surface area (Å²) in [6.07, 6.45) is 0. The molecule has 1 nitrogen and oxygen atoms in total. The van der Waals surface area contributed by atoms with Crippen LogP contribution in [0.15, 0.2) is 261 Å². The van der Waals surface area contributed by atoms with Crippen LogP contribution in [-0.2, 0) is 0 Å². The largest absolute Gasteiger partial charge is 0.310 e. The Labute approximate surface area is 379 Å². The minimum Gasteiger partial charge on any atom is -0.310 e. The van der Waals surface area contributed by atoms with E-state index in [2.05, 4.69) is 266 Å². The fourth-order valence-electron chi connectivity index (χ4n) is 9.77. The summed E-state index contributed by atoms with van der Waals surface area (Å²) in [5.74, 6) is 0. The summed E-state index contributed by atoms with van der Waals surface area (Å²) >= 11 is 0. The van der Waals surface area contributed by atoms with Gasteiger partial charge in [-0.15, -0.1) is 0 Å². The fraction of sp³-hybridized carbons (Fsp3) is 0. The number of nitrogens with zero attached hydrogens (tertiary/aromatic N) is 1. The monoisotopic (exact) mass is 825 g/mol. The van der Waals surface area contributed by atoms with Crippen LogP contribution in [0.3, 0.4) is 0 Å². The van der Waals surface area contributed by atoms with E-state index >= 15 is 0 Å². The summed E-state index contributed by atoms with van der Waals surface area (Å²) in [5.41, 5.74) is 15.3.